The van der Waals surface area contributed by atoms with Crippen molar-refractivity contribution in [1.82, 2.24) is 4.90 Å². The summed E-state index contributed by atoms with van der Waals surface area (Å²) in [5.74, 6) is 0.844. The van der Waals surface area contributed by atoms with E-state index in [9.17, 15) is 0 Å². The van der Waals surface area contributed by atoms with E-state index in [0.717, 1.165) is 37.5 Å². The summed E-state index contributed by atoms with van der Waals surface area (Å²) in [7, 11) is 2.11. The zero-order valence-corrected chi connectivity index (χ0v) is 12.0. The fourth-order valence-electron chi connectivity index (χ4n) is 2.08. The number of likely N-dealkylation sites (N-methyl/N-ethyl adjacent to an activating group) is 1. The normalized spacial score (nSPS) is 18.7. The molecule has 1 heterocycles. The van der Waals surface area contributed by atoms with Gasteiger partial charge in [0.25, 0.3) is 0 Å². The third-order valence-electron chi connectivity index (χ3n) is 3.38. The Hall–Kier alpha value is -1.17. The first kappa shape index (κ1) is 14.2. The number of nitrogens with two attached hydrogens (primary N) is 1. The van der Waals surface area contributed by atoms with Gasteiger partial charge in [-0.15, -0.1) is 0 Å². The molecule has 19 heavy (non-hydrogen) atoms. The highest BCUT2D eigenvalue weighted by molar-refractivity contribution is 7.80. The van der Waals surface area contributed by atoms with Crippen LogP contribution in [-0.4, -0.2) is 49.3 Å². The van der Waals surface area contributed by atoms with Gasteiger partial charge in [0.1, 0.15) is 17.3 Å². The predicted octanol–water partition coefficient (Wildman–Crippen LogP) is 1.42. The lowest BCUT2D eigenvalue weighted by Crippen LogP contribution is -2.35. The molecular weight excluding hydrogens is 260 g/mol. The second kappa shape index (κ2) is 6.84. The first-order valence-corrected chi connectivity index (χ1v) is 6.88. The molecule has 0 radical (unpaired) electrons. The van der Waals surface area contributed by atoms with Gasteiger partial charge in [0.15, 0.2) is 0 Å². The molecule has 0 bridgehead atoms. The molecule has 104 valence electrons. The van der Waals surface area contributed by atoms with E-state index >= 15 is 0 Å². The highest BCUT2D eigenvalue weighted by Crippen LogP contribution is 2.13. The molecule has 5 heteroatoms. The number of nitrogens with zero attached hydrogens (tertiary/aromatic N) is 1. The Bertz CT molecular complexity index is 416. The standard InChI is InChI=1S/C14H20N2O2S/c1-16(12-6-8-17-10-12)7-9-18-13-4-2-11(3-5-13)14(15)19/h2-5,12H,6-10H2,1H3,(H2,15,19). The Morgan fingerprint density at radius 2 is 2.21 bits per heavy atom. The molecule has 0 amide bonds. The maximum Gasteiger partial charge on any atom is 0.119 e. The number of hydrogen-bond donors (Lipinski definition) is 1. The molecule has 0 spiro atoms. The fourth-order valence-corrected chi connectivity index (χ4v) is 2.21. The molecule has 1 aromatic carbocycles. The summed E-state index contributed by atoms with van der Waals surface area (Å²) in [5.41, 5.74) is 6.41. The van der Waals surface area contributed by atoms with Crippen LogP contribution in [-0.2, 0) is 4.74 Å². The van der Waals surface area contributed by atoms with Crippen molar-refractivity contribution in [2.75, 3.05) is 33.4 Å². The quantitative estimate of drug-likeness (QED) is 0.799. The van der Waals surface area contributed by atoms with E-state index in [0.29, 0.717) is 17.6 Å². The molecule has 0 aromatic heterocycles. The van der Waals surface area contributed by atoms with Crippen molar-refractivity contribution in [3.63, 3.8) is 0 Å². The molecule has 1 atom stereocenters. The summed E-state index contributed by atoms with van der Waals surface area (Å²) in [5, 5.41) is 0. The van der Waals surface area contributed by atoms with Gasteiger partial charge in [0.2, 0.25) is 0 Å². The molecule has 1 saturated heterocycles. The van der Waals surface area contributed by atoms with Crippen LogP contribution in [0.25, 0.3) is 0 Å². The Labute approximate surface area is 119 Å². The summed E-state index contributed by atoms with van der Waals surface area (Å²) >= 11 is 4.91. The van der Waals surface area contributed by atoms with E-state index < -0.39 is 0 Å². The van der Waals surface area contributed by atoms with Gasteiger partial charge >= 0.3 is 0 Å². The number of ether oxygens (including phenoxy) is 2. The number of benzene rings is 1. The Balaban J connectivity index is 1.74. The van der Waals surface area contributed by atoms with Gasteiger partial charge in [-0.05, 0) is 37.7 Å². The van der Waals surface area contributed by atoms with Crippen molar-refractivity contribution >= 4 is 17.2 Å². The van der Waals surface area contributed by atoms with Crippen LogP contribution < -0.4 is 10.5 Å². The zero-order chi connectivity index (χ0) is 13.7. The highest BCUT2D eigenvalue weighted by Gasteiger charge is 2.19. The topological polar surface area (TPSA) is 47.7 Å². The predicted molar refractivity (Wildman–Crippen MR) is 79.7 cm³/mol. The SMILES string of the molecule is CN(CCOc1ccc(C(N)=S)cc1)C1CCOC1. The molecule has 1 aromatic rings. The van der Waals surface area contributed by atoms with Gasteiger partial charge < -0.3 is 15.2 Å². The lowest BCUT2D eigenvalue weighted by atomic mass is 10.2. The third-order valence-corrected chi connectivity index (χ3v) is 3.62. The molecule has 1 aliphatic heterocycles. The van der Waals surface area contributed by atoms with Crippen LogP contribution in [0.1, 0.15) is 12.0 Å². The van der Waals surface area contributed by atoms with Crippen molar-refractivity contribution in [1.29, 1.82) is 0 Å². The Morgan fingerprint density at radius 1 is 1.47 bits per heavy atom. The maximum atomic E-state index is 5.70. The van der Waals surface area contributed by atoms with Crippen LogP contribution >= 0.6 is 12.2 Å². The van der Waals surface area contributed by atoms with E-state index in [2.05, 4.69) is 11.9 Å². The minimum absolute atomic E-state index is 0.410. The van der Waals surface area contributed by atoms with Crippen molar-refractivity contribution in [2.24, 2.45) is 5.73 Å². The van der Waals surface area contributed by atoms with Crippen molar-refractivity contribution in [3.05, 3.63) is 29.8 Å². The molecule has 0 aliphatic carbocycles. The van der Waals surface area contributed by atoms with E-state index in [1.807, 2.05) is 24.3 Å². The average molecular weight is 280 g/mol. The van der Waals surface area contributed by atoms with Gasteiger partial charge in [-0.25, -0.2) is 0 Å². The van der Waals surface area contributed by atoms with Crippen LogP contribution in [0, 0.1) is 0 Å². The van der Waals surface area contributed by atoms with Crippen molar-refractivity contribution in [3.8, 4) is 5.75 Å². The van der Waals surface area contributed by atoms with Crippen molar-refractivity contribution in [2.45, 2.75) is 12.5 Å². The van der Waals surface area contributed by atoms with E-state index in [1.54, 1.807) is 0 Å². The minimum atomic E-state index is 0.410. The summed E-state index contributed by atoms with van der Waals surface area (Å²) in [4.78, 5) is 2.70. The lowest BCUT2D eigenvalue weighted by Gasteiger charge is -2.22. The van der Waals surface area contributed by atoms with Crippen LogP contribution in [0.15, 0.2) is 24.3 Å². The van der Waals surface area contributed by atoms with Gasteiger partial charge in [-0.3, -0.25) is 4.90 Å². The number of thiocarbonyl (C=S) groups is 1. The molecule has 2 N–H and O–H groups in total. The number of rotatable bonds is 6. The lowest BCUT2D eigenvalue weighted by molar-refractivity contribution is 0.147. The summed E-state index contributed by atoms with van der Waals surface area (Å²) in [6.07, 6.45) is 1.11. The monoisotopic (exact) mass is 280 g/mol. The van der Waals surface area contributed by atoms with Crippen LogP contribution in [0.5, 0.6) is 5.75 Å². The second-order valence-corrected chi connectivity index (χ2v) is 5.17. The maximum absolute atomic E-state index is 5.70. The molecule has 2 rings (SSSR count). The third kappa shape index (κ3) is 4.16. The van der Waals surface area contributed by atoms with E-state index in [-0.39, 0.29) is 0 Å². The molecular formula is C14H20N2O2S. The zero-order valence-electron chi connectivity index (χ0n) is 11.2. The number of hydrogen-bond acceptors (Lipinski definition) is 4. The van der Waals surface area contributed by atoms with Crippen LogP contribution in [0.3, 0.4) is 0 Å². The highest BCUT2D eigenvalue weighted by atomic mass is 32.1. The second-order valence-electron chi connectivity index (χ2n) is 4.74. The van der Waals surface area contributed by atoms with Crippen LogP contribution in [0.4, 0.5) is 0 Å². The van der Waals surface area contributed by atoms with Gasteiger partial charge in [-0.2, -0.15) is 0 Å². The summed E-state index contributed by atoms with van der Waals surface area (Å²) in [6.45, 7) is 3.26. The largest absolute Gasteiger partial charge is 0.492 e. The smallest absolute Gasteiger partial charge is 0.119 e. The van der Waals surface area contributed by atoms with Gasteiger partial charge in [0, 0.05) is 24.8 Å². The molecule has 1 fully saturated rings. The molecule has 1 aliphatic rings. The average Bonchev–Trinajstić information content (AvgIpc) is 2.93. The van der Waals surface area contributed by atoms with Crippen molar-refractivity contribution < 1.29 is 9.47 Å². The summed E-state index contributed by atoms with van der Waals surface area (Å²) in [6, 6.07) is 8.08. The first-order chi connectivity index (χ1) is 9.16. The summed E-state index contributed by atoms with van der Waals surface area (Å²) < 4.78 is 11.1. The fraction of sp³-hybridized carbons (Fsp3) is 0.500. The minimum Gasteiger partial charge on any atom is -0.492 e. The first-order valence-electron chi connectivity index (χ1n) is 6.47. The molecule has 4 nitrogen and oxygen atoms in total. The van der Waals surface area contributed by atoms with E-state index in [1.165, 1.54) is 0 Å². The Kier molecular flexibility index (Phi) is 5.13. The Morgan fingerprint density at radius 3 is 2.79 bits per heavy atom. The van der Waals surface area contributed by atoms with E-state index in [4.69, 9.17) is 27.4 Å². The van der Waals surface area contributed by atoms with Gasteiger partial charge in [0.05, 0.1) is 6.61 Å². The molecule has 0 saturated carbocycles. The molecule has 1 unspecified atom stereocenters. The van der Waals surface area contributed by atoms with Gasteiger partial charge in [-0.1, -0.05) is 12.2 Å². The van der Waals surface area contributed by atoms with Crippen LogP contribution in [0.2, 0.25) is 0 Å².